The third kappa shape index (κ3) is 5.27. The summed E-state index contributed by atoms with van der Waals surface area (Å²) in [7, 11) is -7.55. The first-order valence-corrected chi connectivity index (χ1v) is 9.54. The molecule has 0 aliphatic rings. The molecule has 7 nitrogen and oxygen atoms in total. The SMILES string of the molecule is CCOP(=O)(OCC)C(CO)P(=O)(OCC)OCC. The highest BCUT2D eigenvalue weighted by molar-refractivity contribution is 7.72. The lowest BCUT2D eigenvalue weighted by Gasteiger charge is -2.29. The smallest absolute Gasteiger partial charge is 0.348 e. The van der Waals surface area contributed by atoms with Crippen LogP contribution >= 0.6 is 15.2 Å². The average Bonchev–Trinajstić information content (AvgIpc) is 2.30. The van der Waals surface area contributed by atoms with Crippen molar-refractivity contribution < 1.29 is 32.3 Å². The number of aliphatic hydroxyl groups excluding tert-OH is 1. The number of rotatable bonds is 11. The maximum atomic E-state index is 12.6. The number of hydrogen-bond donors (Lipinski definition) is 1. The summed E-state index contributed by atoms with van der Waals surface area (Å²) in [6, 6.07) is 0. The van der Waals surface area contributed by atoms with Gasteiger partial charge in [0.2, 0.25) is 0 Å². The van der Waals surface area contributed by atoms with Crippen LogP contribution in [-0.2, 0) is 27.2 Å². The molecule has 0 aliphatic carbocycles. The van der Waals surface area contributed by atoms with Crippen LogP contribution in [0, 0.1) is 0 Å². The summed E-state index contributed by atoms with van der Waals surface area (Å²) >= 11 is 0. The van der Waals surface area contributed by atoms with Crippen LogP contribution in [0.15, 0.2) is 0 Å². The first-order chi connectivity index (χ1) is 8.94. The fourth-order valence-corrected chi connectivity index (χ4v) is 6.37. The second-order valence-corrected chi connectivity index (χ2v) is 8.26. The summed E-state index contributed by atoms with van der Waals surface area (Å²) in [6.45, 7) is 6.27. The lowest BCUT2D eigenvalue weighted by atomic mass is 10.9. The molecule has 0 saturated heterocycles. The molecule has 0 bridgehead atoms. The highest BCUT2D eigenvalue weighted by Gasteiger charge is 2.50. The maximum absolute atomic E-state index is 12.6. The molecule has 0 atom stereocenters. The molecular formula is C10H24O7P2. The molecular weight excluding hydrogens is 294 g/mol. The van der Waals surface area contributed by atoms with Crippen molar-refractivity contribution in [1.29, 1.82) is 0 Å². The largest absolute Gasteiger partial charge is 0.395 e. The normalized spacial score (nSPS) is 13.2. The van der Waals surface area contributed by atoms with Crippen LogP contribution in [0.4, 0.5) is 0 Å². The summed E-state index contributed by atoms with van der Waals surface area (Å²) in [6.07, 6.45) is 0. The van der Waals surface area contributed by atoms with E-state index >= 15 is 0 Å². The number of aliphatic hydroxyl groups is 1. The minimum absolute atomic E-state index is 0.103. The fourth-order valence-electron chi connectivity index (χ4n) is 1.51. The molecule has 0 aromatic heterocycles. The van der Waals surface area contributed by atoms with E-state index in [2.05, 4.69) is 0 Å². The van der Waals surface area contributed by atoms with Crippen LogP contribution in [0.25, 0.3) is 0 Å². The molecule has 116 valence electrons. The molecule has 0 saturated carbocycles. The van der Waals surface area contributed by atoms with Gasteiger partial charge in [0.15, 0.2) is 5.40 Å². The minimum Gasteiger partial charge on any atom is -0.395 e. The second-order valence-electron chi connectivity index (χ2n) is 3.41. The van der Waals surface area contributed by atoms with Gasteiger partial charge in [-0.2, -0.15) is 0 Å². The molecule has 9 heteroatoms. The summed E-state index contributed by atoms with van der Waals surface area (Å²) in [4.78, 5) is 0. The molecule has 19 heavy (non-hydrogen) atoms. The van der Waals surface area contributed by atoms with Crippen molar-refractivity contribution in [3.63, 3.8) is 0 Å². The zero-order chi connectivity index (χ0) is 14.9. The first kappa shape index (κ1) is 19.3. The first-order valence-electron chi connectivity index (χ1n) is 6.32. The van der Waals surface area contributed by atoms with Gasteiger partial charge in [0, 0.05) is 0 Å². The summed E-state index contributed by atoms with van der Waals surface area (Å²) in [5, 5.41) is 8.11. The summed E-state index contributed by atoms with van der Waals surface area (Å²) in [5.74, 6) is 0. The van der Waals surface area contributed by atoms with E-state index in [0.717, 1.165) is 0 Å². The lowest BCUT2D eigenvalue weighted by molar-refractivity contribution is 0.178. The van der Waals surface area contributed by atoms with Gasteiger partial charge in [0.1, 0.15) is 0 Å². The van der Waals surface area contributed by atoms with Crippen molar-refractivity contribution in [3.8, 4) is 0 Å². The van der Waals surface area contributed by atoms with Gasteiger partial charge < -0.3 is 23.2 Å². The minimum atomic E-state index is -3.77. The van der Waals surface area contributed by atoms with Crippen LogP contribution < -0.4 is 0 Å². The van der Waals surface area contributed by atoms with Gasteiger partial charge in [0.05, 0.1) is 33.0 Å². The Bertz CT molecular complexity index is 284. The van der Waals surface area contributed by atoms with E-state index in [-0.39, 0.29) is 26.4 Å². The Labute approximate surface area is 114 Å². The fraction of sp³-hybridized carbons (Fsp3) is 1.00. The average molecular weight is 318 g/mol. The van der Waals surface area contributed by atoms with Gasteiger partial charge in [-0.05, 0) is 27.7 Å². The maximum Gasteiger partial charge on any atom is 0.348 e. The topological polar surface area (TPSA) is 91.3 Å². The molecule has 0 spiro atoms. The predicted octanol–water partition coefficient (Wildman–Crippen LogP) is 2.84. The van der Waals surface area contributed by atoms with Crippen molar-refractivity contribution in [1.82, 2.24) is 0 Å². The van der Waals surface area contributed by atoms with Crippen molar-refractivity contribution in [3.05, 3.63) is 0 Å². The zero-order valence-electron chi connectivity index (χ0n) is 11.9. The molecule has 0 heterocycles. The Hall–Kier alpha value is 0.260. The Morgan fingerprint density at radius 3 is 1.21 bits per heavy atom. The summed E-state index contributed by atoms with van der Waals surface area (Å²) < 4.78 is 45.6. The molecule has 1 N–H and O–H groups in total. The van der Waals surface area contributed by atoms with E-state index in [9.17, 15) is 14.2 Å². The van der Waals surface area contributed by atoms with Gasteiger partial charge >= 0.3 is 15.2 Å². The second kappa shape index (κ2) is 9.24. The molecule has 0 aliphatic heterocycles. The van der Waals surface area contributed by atoms with Crippen molar-refractivity contribution in [2.24, 2.45) is 0 Å². The van der Waals surface area contributed by atoms with Crippen molar-refractivity contribution in [2.75, 3.05) is 33.0 Å². The molecule has 0 aromatic carbocycles. The van der Waals surface area contributed by atoms with E-state index < -0.39 is 27.2 Å². The molecule has 0 amide bonds. The van der Waals surface area contributed by atoms with Crippen molar-refractivity contribution >= 4 is 15.2 Å². The van der Waals surface area contributed by atoms with Gasteiger partial charge in [0.25, 0.3) is 0 Å². The molecule has 0 radical (unpaired) electrons. The van der Waals surface area contributed by atoms with E-state index in [1.54, 1.807) is 27.7 Å². The Morgan fingerprint density at radius 1 is 0.789 bits per heavy atom. The summed E-state index contributed by atoms with van der Waals surface area (Å²) in [5.41, 5.74) is 0. The highest BCUT2D eigenvalue weighted by atomic mass is 31.2. The van der Waals surface area contributed by atoms with Gasteiger partial charge in [-0.3, -0.25) is 9.13 Å². The Balaban J connectivity index is 5.41. The van der Waals surface area contributed by atoms with Crippen LogP contribution in [0.2, 0.25) is 0 Å². The van der Waals surface area contributed by atoms with Crippen LogP contribution in [0.3, 0.4) is 0 Å². The van der Waals surface area contributed by atoms with E-state index in [1.807, 2.05) is 0 Å². The third-order valence-electron chi connectivity index (χ3n) is 2.13. The molecule has 0 unspecified atom stereocenters. The monoisotopic (exact) mass is 318 g/mol. The third-order valence-corrected chi connectivity index (χ3v) is 8.09. The van der Waals surface area contributed by atoms with Crippen LogP contribution in [-0.4, -0.2) is 43.5 Å². The predicted molar refractivity (Wildman–Crippen MR) is 72.6 cm³/mol. The molecule has 0 fully saturated rings. The van der Waals surface area contributed by atoms with Crippen LogP contribution in [0.5, 0.6) is 0 Å². The molecule has 0 aromatic rings. The Morgan fingerprint density at radius 2 is 1.05 bits per heavy atom. The lowest BCUT2D eigenvalue weighted by Crippen LogP contribution is -2.21. The quantitative estimate of drug-likeness (QED) is 0.586. The standard InChI is InChI=1S/C10H24O7P2/c1-5-14-18(12,15-6-2)10(9-11)19(13,16-7-3)17-8-4/h10-11H,5-9H2,1-4H3. The van der Waals surface area contributed by atoms with Gasteiger partial charge in [-0.25, -0.2) is 0 Å². The molecule has 0 rings (SSSR count). The zero-order valence-corrected chi connectivity index (χ0v) is 13.7. The van der Waals surface area contributed by atoms with Crippen molar-refractivity contribution in [2.45, 2.75) is 33.1 Å². The Kier molecular flexibility index (Phi) is 9.37. The van der Waals surface area contributed by atoms with Gasteiger partial charge in [-0.1, -0.05) is 0 Å². The highest BCUT2D eigenvalue weighted by Crippen LogP contribution is 2.70. The number of hydrogen-bond acceptors (Lipinski definition) is 7. The van der Waals surface area contributed by atoms with E-state index in [4.69, 9.17) is 18.1 Å². The van der Waals surface area contributed by atoms with E-state index in [0.29, 0.717) is 0 Å². The van der Waals surface area contributed by atoms with Crippen LogP contribution in [0.1, 0.15) is 27.7 Å². The van der Waals surface area contributed by atoms with Gasteiger partial charge in [-0.15, -0.1) is 0 Å². The van der Waals surface area contributed by atoms with E-state index in [1.165, 1.54) is 0 Å².